The van der Waals surface area contributed by atoms with E-state index in [0.717, 1.165) is 33.4 Å². The maximum Gasteiger partial charge on any atom is 0.295 e. The van der Waals surface area contributed by atoms with E-state index in [-0.39, 0.29) is 11.7 Å². The Morgan fingerprint density at radius 1 is 0.968 bits per heavy atom. The molecule has 0 aliphatic heterocycles. The average Bonchev–Trinajstić information content (AvgIpc) is 3.22. The molecule has 0 atom stereocenters. The first-order valence-electron chi connectivity index (χ1n) is 10.2. The van der Waals surface area contributed by atoms with Gasteiger partial charge in [-0.05, 0) is 73.4 Å². The van der Waals surface area contributed by atoms with Gasteiger partial charge in [-0.25, -0.2) is 9.67 Å². The van der Waals surface area contributed by atoms with Crippen molar-refractivity contribution in [1.82, 2.24) is 14.8 Å². The SMILES string of the molecule is CCc1ccc(NC(=O)c2nc(-c3ccc(Br)cc3)n(-c3ccc(C)c(C)c3)n2)cc1. The van der Waals surface area contributed by atoms with Gasteiger partial charge < -0.3 is 5.32 Å². The molecule has 0 aliphatic rings. The first kappa shape index (κ1) is 21.0. The van der Waals surface area contributed by atoms with Gasteiger partial charge in [0.2, 0.25) is 5.82 Å². The van der Waals surface area contributed by atoms with E-state index in [0.29, 0.717) is 5.82 Å². The van der Waals surface area contributed by atoms with Gasteiger partial charge in [-0.15, -0.1) is 5.10 Å². The lowest BCUT2D eigenvalue weighted by Crippen LogP contribution is -2.14. The molecule has 0 bridgehead atoms. The van der Waals surface area contributed by atoms with Crippen molar-refractivity contribution >= 4 is 27.5 Å². The molecule has 0 fully saturated rings. The van der Waals surface area contributed by atoms with Gasteiger partial charge in [-0.1, -0.05) is 53.2 Å². The zero-order chi connectivity index (χ0) is 22.0. The summed E-state index contributed by atoms with van der Waals surface area (Å²) < 4.78 is 2.70. The van der Waals surface area contributed by atoms with Crippen LogP contribution >= 0.6 is 15.9 Å². The van der Waals surface area contributed by atoms with E-state index < -0.39 is 0 Å². The second kappa shape index (κ2) is 8.86. The van der Waals surface area contributed by atoms with Crippen LogP contribution in [0.3, 0.4) is 0 Å². The first-order valence-corrected chi connectivity index (χ1v) is 10.9. The molecule has 0 unspecified atom stereocenters. The second-order valence-corrected chi connectivity index (χ2v) is 8.37. The van der Waals surface area contributed by atoms with Gasteiger partial charge in [-0.2, -0.15) is 0 Å². The molecule has 6 heteroatoms. The first-order chi connectivity index (χ1) is 14.9. The molecule has 1 amide bonds. The summed E-state index contributed by atoms with van der Waals surface area (Å²) in [4.78, 5) is 17.5. The maximum absolute atomic E-state index is 12.9. The number of carbonyl (C=O) groups is 1. The van der Waals surface area contributed by atoms with Crippen molar-refractivity contribution in [2.75, 3.05) is 5.32 Å². The minimum atomic E-state index is -0.342. The van der Waals surface area contributed by atoms with Crippen molar-refractivity contribution in [2.24, 2.45) is 0 Å². The van der Waals surface area contributed by atoms with E-state index in [9.17, 15) is 4.79 Å². The Balaban J connectivity index is 1.73. The molecule has 1 N–H and O–H groups in total. The molecular weight excluding hydrogens is 452 g/mol. The highest BCUT2D eigenvalue weighted by Crippen LogP contribution is 2.24. The molecule has 0 saturated carbocycles. The summed E-state index contributed by atoms with van der Waals surface area (Å²) in [6.45, 7) is 6.22. The molecule has 0 radical (unpaired) electrons. The fraction of sp³-hybridized carbons (Fsp3) is 0.160. The molecule has 5 nitrogen and oxygen atoms in total. The number of benzene rings is 3. The maximum atomic E-state index is 12.9. The standard InChI is InChI=1S/C25H23BrN4O/c1-4-18-6-12-21(13-7-18)27-25(31)23-28-24(19-8-10-20(26)11-9-19)30(29-23)22-14-5-16(2)17(3)15-22/h5-15H,4H2,1-3H3,(H,27,31). The van der Waals surface area contributed by atoms with Crippen LogP contribution in [0.25, 0.3) is 17.1 Å². The van der Waals surface area contributed by atoms with E-state index >= 15 is 0 Å². The predicted molar refractivity (Wildman–Crippen MR) is 128 cm³/mol. The van der Waals surface area contributed by atoms with E-state index in [1.807, 2.05) is 60.7 Å². The number of hydrogen-bond donors (Lipinski definition) is 1. The topological polar surface area (TPSA) is 59.8 Å². The molecule has 0 spiro atoms. The number of carbonyl (C=O) groups excluding carboxylic acids is 1. The van der Waals surface area contributed by atoms with E-state index in [4.69, 9.17) is 0 Å². The molecule has 0 saturated heterocycles. The van der Waals surface area contributed by atoms with Crippen molar-refractivity contribution in [3.63, 3.8) is 0 Å². The number of aromatic nitrogens is 3. The Morgan fingerprint density at radius 3 is 2.32 bits per heavy atom. The van der Waals surface area contributed by atoms with Crippen molar-refractivity contribution in [1.29, 1.82) is 0 Å². The molecule has 31 heavy (non-hydrogen) atoms. The molecule has 4 rings (SSSR count). The van der Waals surface area contributed by atoms with Gasteiger partial charge in [0.1, 0.15) is 0 Å². The van der Waals surface area contributed by atoms with Crippen molar-refractivity contribution in [3.05, 3.63) is 93.7 Å². The van der Waals surface area contributed by atoms with Gasteiger partial charge in [-0.3, -0.25) is 4.79 Å². The summed E-state index contributed by atoms with van der Waals surface area (Å²) in [7, 11) is 0. The molecule has 0 aliphatic carbocycles. The smallest absolute Gasteiger partial charge is 0.295 e. The van der Waals surface area contributed by atoms with E-state index in [1.165, 1.54) is 11.1 Å². The third-order valence-corrected chi connectivity index (χ3v) is 5.80. The summed E-state index contributed by atoms with van der Waals surface area (Å²) in [6, 6.07) is 21.7. The molecule has 4 aromatic rings. The van der Waals surface area contributed by atoms with E-state index in [2.05, 4.69) is 58.2 Å². The van der Waals surface area contributed by atoms with Crippen LogP contribution in [0.1, 0.15) is 34.2 Å². The highest BCUT2D eigenvalue weighted by molar-refractivity contribution is 9.10. The number of hydrogen-bond acceptors (Lipinski definition) is 3. The zero-order valence-electron chi connectivity index (χ0n) is 17.7. The molecule has 1 aromatic heterocycles. The number of nitrogens with zero attached hydrogens (tertiary/aromatic N) is 3. The monoisotopic (exact) mass is 474 g/mol. The zero-order valence-corrected chi connectivity index (χ0v) is 19.3. The van der Waals surface area contributed by atoms with Gasteiger partial charge in [0.05, 0.1) is 5.69 Å². The second-order valence-electron chi connectivity index (χ2n) is 7.45. The number of rotatable bonds is 5. The third kappa shape index (κ3) is 4.59. The lowest BCUT2D eigenvalue weighted by Gasteiger charge is -2.08. The highest BCUT2D eigenvalue weighted by atomic mass is 79.9. The van der Waals surface area contributed by atoms with Crippen molar-refractivity contribution < 1.29 is 4.79 Å². The number of nitrogens with one attached hydrogen (secondary N) is 1. The molecule has 1 heterocycles. The summed E-state index contributed by atoms with van der Waals surface area (Å²) in [5, 5.41) is 7.46. The van der Waals surface area contributed by atoms with Crippen LogP contribution in [0.4, 0.5) is 5.69 Å². The summed E-state index contributed by atoms with van der Waals surface area (Å²) in [5.74, 6) is 0.392. The summed E-state index contributed by atoms with van der Waals surface area (Å²) >= 11 is 3.47. The highest BCUT2D eigenvalue weighted by Gasteiger charge is 2.19. The quantitative estimate of drug-likeness (QED) is 0.378. The summed E-state index contributed by atoms with van der Waals surface area (Å²) in [5.41, 5.74) is 6.02. The van der Waals surface area contributed by atoms with Crippen LogP contribution in [0, 0.1) is 13.8 Å². The van der Waals surface area contributed by atoms with Crippen molar-refractivity contribution in [3.8, 4) is 17.1 Å². The van der Waals surface area contributed by atoms with Crippen molar-refractivity contribution in [2.45, 2.75) is 27.2 Å². The molecule has 156 valence electrons. The fourth-order valence-electron chi connectivity index (χ4n) is 3.24. The van der Waals surface area contributed by atoms with Crippen LogP contribution in [0.5, 0.6) is 0 Å². The van der Waals surface area contributed by atoms with Gasteiger partial charge >= 0.3 is 0 Å². The number of aryl methyl sites for hydroxylation is 3. The Labute approximate surface area is 190 Å². The van der Waals surface area contributed by atoms with Gasteiger partial charge in [0, 0.05) is 15.7 Å². The predicted octanol–water partition coefficient (Wildman–Crippen LogP) is 6.13. The minimum Gasteiger partial charge on any atom is -0.319 e. The lowest BCUT2D eigenvalue weighted by atomic mass is 10.1. The number of halogens is 1. The Bertz CT molecular complexity index is 1230. The van der Waals surface area contributed by atoms with Crippen LogP contribution in [0.15, 0.2) is 71.2 Å². The lowest BCUT2D eigenvalue weighted by molar-refractivity contribution is 0.101. The number of amides is 1. The summed E-state index contributed by atoms with van der Waals surface area (Å²) in [6.07, 6.45) is 0.951. The average molecular weight is 475 g/mol. The third-order valence-electron chi connectivity index (χ3n) is 5.27. The van der Waals surface area contributed by atoms with Crippen LogP contribution < -0.4 is 5.32 Å². The van der Waals surface area contributed by atoms with E-state index in [1.54, 1.807) is 4.68 Å². The van der Waals surface area contributed by atoms with Gasteiger partial charge in [0.25, 0.3) is 5.91 Å². The molecular formula is C25H23BrN4O. The molecule has 3 aromatic carbocycles. The van der Waals surface area contributed by atoms with Gasteiger partial charge in [0.15, 0.2) is 5.82 Å². The normalized spacial score (nSPS) is 10.8. The van der Waals surface area contributed by atoms with Crippen LogP contribution in [0.2, 0.25) is 0 Å². The van der Waals surface area contributed by atoms with Crippen LogP contribution in [-0.4, -0.2) is 20.7 Å². The van der Waals surface area contributed by atoms with Crippen LogP contribution in [-0.2, 0) is 6.42 Å². The Kier molecular flexibility index (Phi) is 6.00. The Hall–Kier alpha value is -3.25. The number of anilines is 1. The Morgan fingerprint density at radius 2 is 1.68 bits per heavy atom. The largest absolute Gasteiger partial charge is 0.319 e. The minimum absolute atomic E-state index is 0.121. The fourth-order valence-corrected chi connectivity index (χ4v) is 3.51.